The lowest BCUT2D eigenvalue weighted by Gasteiger charge is -2.14. The van der Waals surface area contributed by atoms with E-state index in [9.17, 15) is 14.7 Å². The van der Waals surface area contributed by atoms with Crippen molar-refractivity contribution in [1.82, 2.24) is 15.5 Å². The molecule has 2 aromatic carbocycles. The number of aromatic nitrogens is 2. The Labute approximate surface area is 160 Å². The van der Waals surface area contributed by atoms with Crippen molar-refractivity contribution in [1.29, 1.82) is 0 Å². The summed E-state index contributed by atoms with van der Waals surface area (Å²) in [4.78, 5) is 27.3. The van der Waals surface area contributed by atoms with Gasteiger partial charge >= 0.3 is 5.97 Å². The van der Waals surface area contributed by atoms with Gasteiger partial charge < -0.3 is 19.9 Å². The molecule has 142 valence electrons. The number of amides is 1. The molecule has 0 bridgehead atoms. The molecule has 0 aliphatic carbocycles. The number of para-hydroxylation sites is 1. The quantitative estimate of drug-likeness (QED) is 0.479. The van der Waals surface area contributed by atoms with Crippen LogP contribution in [0, 0.1) is 6.92 Å². The number of fused-ring (bicyclic) bond motifs is 2. The zero-order chi connectivity index (χ0) is 19.7. The minimum absolute atomic E-state index is 0.0475. The smallest absolute Gasteiger partial charge is 0.326 e. The van der Waals surface area contributed by atoms with Gasteiger partial charge in [-0.05, 0) is 30.7 Å². The predicted octanol–water partition coefficient (Wildman–Crippen LogP) is 2.97. The highest BCUT2D eigenvalue weighted by Crippen LogP contribution is 2.21. The third-order valence-electron chi connectivity index (χ3n) is 4.76. The van der Waals surface area contributed by atoms with Gasteiger partial charge in [0.2, 0.25) is 5.91 Å². The number of aryl methyl sites for hydroxylation is 1. The molecular formula is C21H19N3O4. The third kappa shape index (κ3) is 3.46. The van der Waals surface area contributed by atoms with Gasteiger partial charge in [0.25, 0.3) is 0 Å². The van der Waals surface area contributed by atoms with Gasteiger partial charge in [0, 0.05) is 28.9 Å². The molecule has 1 unspecified atom stereocenters. The van der Waals surface area contributed by atoms with E-state index in [0.29, 0.717) is 11.3 Å². The fourth-order valence-corrected chi connectivity index (χ4v) is 3.35. The summed E-state index contributed by atoms with van der Waals surface area (Å²) in [6.45, 7) is 1.94. The fourth-order valence-electron chi connectivity index (χ4n) is 3.35. The van der Waals surface area contributed by atoms with Crippen LogP contribution in [-0.2, 0) is 22.4 Å². The molecule has 0 spiro atoms. The average molecular weight is 377 g/mol. The molecular weight excluding hydrogens is 358 g/mol. The molecule has 0 saturated carbocycles. The van der Waals surface area contributed by atoms with E-state index in [1.54, 1.807) is 12.3 Å². The van der Waals surface area contributed by atoms with E-state index in [4.69, 9.17) is 4.52 Å². The first-order chi connectivity index (χ1) is 13.5. The molecule has 0 aliphatic heterocycles. The minimum atomic E-state index is -1.08. The predicted molar refractivity (Wildman–Crippen MR) is 104 cm³/mol. The molecule has 1 atom stereocenters. The summed E-state index contributed by atoms with van der Waals surface area (Å²) in [7, 11) is 0. The normalized spacial score (nSPS) is 12.3. The van der Waals surface area contributed by atoms with Crippen molar-refractivity contribution in [2.45, 2.75) is 25.8 Å². The number of H-pyrrole nitrogens is 1. The van der Waals surface area contributed by atoms with Crippen LogP contribution < -0.4 is 5.32 Å². The summed E-state index contributed by atoms with van der Waals surface area (Å²) < 4.78 is 5.24. The number of hydrogen-bond donors (Lipinski definition) is 3. The highest BCUT2D eigenvalue weighted by molar-refractivity contribution is 5.90. The highest BCUT2D eigenvalue weighted by Gasteiger charge is 2.23. The lowest BCUT2D eigenvalue weighted by molar-refractivity contribution is -0.141. The summed E-state index contributed by atoms with van der Waals surface area (Å²) >= 11 is 0. The third-order valence-corrected chi connectivity index (χ3v) is 4.76. The average Bonchev–Trinajstić information content (AvgIpc) is 3.25. The van der Waals surface area contributed by atoms with Gasteiger partial charge in [-0.1, -0.05) is 35.0 Å². The van der Waals surface area contributed by atoms with Crippen LogP contribution in [0.1, 0.15) is 16.8 Å². The molecule has 4 rings (SSSR count). The molecule has 2 aromatic heterocycles. The second-order valence-electron chi connectivity index (χ2n) is 6.83. The lowest BCUT2D eigenvalue weighted by atomic mass is 10.0. The van der Waals surface area contributed by atoms with Crippen LogP contribution in [-0.4, -0.2) is 33.2 Å². The Bertz CT molecular complexity index is 1170. The highest BCUT2D eigenvalue weighted by atomic mass is 16.5. The van der Waals surface area contributed by atoms with Gasteiger partial charge in [0.1, 0.15) is 11.7 Å². The van der Waals surface area contributed by atoms with Crippen LogP contribution in [0.15, 0.2) is 53.2 Å². The molecule has 0 saturated heterocycles. The van der Waals surface area contributed by atoms with Crippen molar-refractivity contribution >= 4 is 33.7 Å². The summed E-state index contributed by atoms with van der Waals surface area (Å²) in [5, 5.41) is 17.8. The van der Waals surface area contributed by atoms with Crippen LogP contribution in [0.3, 0.4) is 0 Å². The van der Waals surface area contributed by atoms with Crippen LogP contribution in [0.2, 0.25) is 0 Å². The number of carbonyl (C=O) groups is 2. The van der Waals surface area contributed by atoms with E-state index in [0.717, 1.165) is 27.4 Å². The monoisotopic (exact) mass is 377 g/mol. The molecule has 7 heteroatoms. The number of carbonyl (C=O) groups excluding carboxylic acids is 1. The van der Waals surface area contributed by atoms with Crippen molar-refractivity contribution < 1.29 is 19.2 Å². The van der Waals surface area contributed by atoms with Crippen LogP contribution in [0.5, 0.6) is 0 Å². The van der Waals surface area contributed by atoms with Gasteiger partial charge in [0.15, 0.2) is 5.58 Å². The number of rotatable bonds is 6. The Kier molecular flexibility index (Phi) is 4.57. The number of hydrogen-bond acceptors (Lipinski definition) is 4. The Morgan fingerprint density at radius 2 is 2.04 bits per heavy atom. The maximum Gasteiger partial charge on any atom is 0.326 e. The molecule has 0 fully saturated rings. The molecule has 2 heterocycles. The first-order valence-corrected chi connectivity index (χ1v) is 8.93. The molecule has 4 aromatic rings. The maximum absolute atomic E-state index is 12.5. The fraction of sp³-hybridized carbons (Fsp3) is 0.190. The number of nitrogens with one attached hydrogen (secondary N) is 2. The van der Waals surface area contributed by atoms with Crippen molar-refractivity contribution in [3.63, 3.8) is 0 Å². The zero-order valence-corrected chi connectivity index (χ0v) is 15.2. The standard InChI is InChI=1S/C21H19N3O4/c1-12-6-7-19-15(8-12)17(24-28-19)10-20(25)23-18(21(26)27)9-13-11-22-16-5-3-2-4-14(13)16/h2-8,11,18,22H,9-10H2,1H3,(H,23,25)(H,26,27). The van der Waals surface area contributed by atoms with E-state index in [1.165, 1.54) is 0 Å². The van der Waals surface area contributed by atoms with Crippen molar-refractivity contribution in [3.8, 4) is 0 Å². The summed E-state index contributed by atoms with van der Waals surface area (Å²) in [5.74, 6) is -1.50. The SMILES string of the molecule is Cc1ccc2onc(CC(=O)NC(Cc3c[nH]c4ccccc34)C(=O)O)c2c1. The number of carboxylic acids is 1. The Hall–Kier alpha value is -3.61. The topological polar surface area (TPSA) is 108 Å². The Morgan fingerprint density at radius 3 is 2.86 bits per heavy atom. The summed E-state index contributed by atoms with van der Waals surface area (Å²) in [5.41, 5.74) is 3.89. The van der Waals surface area contributed by atoms with Gasteiger partial charge in [0.05, 0.1) is 6.42 Å². The minimum Gasteiger partial charge on any atom is -0.480 e. The molecule has 1 amide bonds. The number of carboxylic acid groups (broad SMARTS) is 1. The summed E-state index contributed by atoms with van der Waals surface area (Å²) in [6, 6.07) is 12.2. The number of nitrogens with zero attached hydrogens (tertiary/aromatic N) is 1. The molecule has 0 radical (unpaired) electrons. The van der Waals surface area contributed by atoms with Crippen molar-refractivity contribution in [3.05, 3.63) is 65.5 Å². The van der Waals surface area contributed by atoms with Crippen LogP contribution in [0.25, 0.3) is 21.9 Å². The van der Waals surface area contributed by atoms with Gasteiger partial charge in [-0.3, -0.25) is 4.79 Å². The van der Waals surface area contributed by atoms with Gasteiger partial charge in [-0.2, -0.15) is 0 Å². The molecule has 3 N–H and O–H groups in total. The van der Waals surface area contributed by atoms with Gasteiger partial charge in [-0.15, -0.1) is 0 Å². The zero-order valence-electron chi connectivity index (χ0n) is 15.2. The van der Waals surface area contributed by atoms with Crippen LogP contribution in [0.4, 0.5) is 0 Å². The van der Waals surface area contributed by atoms with E-state index in [2.05, 4.69) is 15.5 Å². The van der Waals surface area contributed by atoms with Crippen LogP contribution >= 0.6 is 0 Å². The largest absolute Gasteiger partial charge is 0.480 e. The van der Waals surface area contributed by atoms with Crippen molar-refractivity contribution in [2.75, 3.05) is 0 Å². The van der Waals surface area contributed by atoms with E-state index in [-0.39, 0.29) is 12.8 Å². The molecule has 0 aliphatic rings. The van der Waals surface area contributed by atoms with E-state index in [1.807, 2.05) is 43.3 Å². The molecule has 28 heavy (non-hydrogen) atoms. The Balaban J connectivity index is 1.50. The second-order valence-corrected chi connectivity index (χ2v) is 6.83. The van der Waals surface area contributed by atoms with Crippen molar-refractivity contribution in [2.24, 2.45) is 0 Å². The van der Waals surface area contributed by atoms with E-state index < -0.39 is 17.9 Å². The number of aromatic amines is 1. The Morgan fingerprint density at radius 1 is 1.21 bits per heavy atom. The first-order valence-electron chi connectivity index (χ1n) is 8.93. The first kappa shape index (κ1) is 17.8. The number of benzene rings is 2. The second kappa shape index (κ2) is 7.19. The number of aliphatic carboxylic acids is 1. The summed E-state index contributed by atoms with van der Waals surface area (Å²) in [6.07, 6.45) is 1.92. The van der Waals surface area contributed by atoms with Gasteiger partial charge in [-0.25, -0.2) is 4.79 Å². The maximum atomic E-state index is 12.5. The lowest BCUT2D eigenvalue weighted by Crippen LogP contribution is -2.43. The molecule has 7 nitrogen and oxygen atoms in total. The van der Waals surface area contributed by atoms with E-state index >= 15 is 0 Å².